The predicted octanol–water partition coefficient (Wildman–Crippen LogP) is 3.15. The molecule has 0 bridgehead atoms. The number of amides is 1. The van der Waals surface area contributed by atoms with Crippen molar-refractivity contribution in [3.63, 3.8) is 0 Å². The van der Waals surface area contributed by atoms with Gasteiger partial charge in [0.1, 0.15) is 29.3 Å². The van der Waals surface area contributed by atoms with Crippen LogP contribution in [0.25, 0.3) is 22.1 Å². The molecule has 4 rings (SSSR count). The van der Waals surface area contributed by atoms with Gasteiger partial charge in [-0.1, -0.05) is 24.3 Å². The monoisotopic (exact) mass is 336 g/mol. The molecule has 1 unspecified atom stereocenters. The minimum Gasteiger partial charge on any atom is -0.450 e. The summed E-state index contributed by atoms with van der Waals surface area (Å²) in [6.07, 6.45) is 1.38. The minimum absolute atomic E-state index is 0.342. The van der Waals surface area contributed by atoms with E-state index < -0.39 is 17.8 Å². The molecule has 0 radical (unpaired) electrons. The average Bonchev–Trinajstić information content (AvgIpc) is 3.00. The van der Waals surface area contributed by atoms with E-state index in [-0.39, 0.29) is 0 Å². The highest BCUT2D eigenvalue weighted by molar-refractivity contribution is 6.05. The third-order valence-electron chi connectivity index (χ3n) is 3.93. The van der Waals surface area contributed by atoms with Crippen LogP contribution in [0.15, 0.2) is 59.3 Å². The van der Waals surface area contributed by atoms with E-state index in [0.29, 0.717) is 28.1 Å². The molecule has 2 heterocycles. The lowest BCUT2D eigenvalue weighted by Gasteiger charge is -2.16. The highest BCUT2D eigenvalue weighted by Gasteiger charge is 2.21. The Morgan fingerprint density at radius 2 is 1.88 bits per heavy atom. The number of anilines is 1. The molecule has 0 spiro atoms. The van der Waals surface area contributed by atoms with Gasteiger partial charge in [0.05, 0.1) is 0 Å². The molecule has 0 aliphatic carbocycles. The molecule has 0 saturated carbocycles. The summed E-state index contributed by atoms with van der Waals surface area (Å²) in [5, 5.41) is 3.82. The van der Waals surface area contributed by atoms with Crippen molar-refractivity contribution >= 4 is 33.8 Å². The fraction of sp³-hybridized carbons (Fsp3) is 0.0556. The minimum atomic E-state index is -0.882. The number of benzene rings is 2. The molecule has 0 saturated heterocycles. The summed E-state index contributed by atoms with van der Waals surface area (Å²) >= 11 is 0. The number of furan rings is 1. The van der Waals surface area contributed by atoms with Crippen LogP contribution in [0, 0.1) is 5.82 Å². The maximum Gasteiger partial charge on any atom is 0.244 e. The SMILES string of the molecule is NC(=O)C(Nc1ncnc2c1oc1ccccc12)c1ccc(F)cc1. The van der Waals surface area contributed by atoms with Crippen molar-refractivity contribution < 1.29 is 13.6 Å². The van der Waals surface area contributed by atoms with Crippen LogP contribution in [0.2, 0.25) is 0 Å². The van der Waals surface area contributed by atoms with Crippen molar-refractivity contribution in [3.8, 4) is 0 Å². The van der Waals surface area contributed by atoms with Crippen molar-refractivity contribution in [1.82, 2.24) is 9.97 Å². The second-order valence-corrected chi connectivity index (χ2v) is 5.53. The number of carbonyl (C=O) groups is 1. The Kier molecular flexibility index (Phi) is 3.53. The van der Waals surface area contributed by atoms with Gasteiger partial charge in [0.25, 0.3) is 0 Å². The van der Waals surface area contributed by atoms with Crippen molar-refractivity contribution in [3.05, 3.63) is 66.2 Å². The molecule has 2 aromatic carbocycles. The van der Waals surface area contributed by atoms with Crippen LogP contribution >= 0.6 is 0 Å². The number of para-hydroxylation sites is 1. The second-order valence-electron chi connectivity index (χ2n) is 5.53. The average molecular weight is 336 g/mol. The van der Waals surface area contributed by atoms with Gasteiger partial charge in [-0.15, -0.1) is 0 Å². The molecule has 0 aliphatic rings. The number of nitrogens with zero attached hydrogens (tertiary/aromatic N) is 2. The molecule has 0 fully saturated rings. The van der Waals surface area contributed by atoms with Gasteiger partial charge in [-0.25, -0.2) is 14.4 Å². The number of aromatic nitrogens is 2. The normalized spacial score (nSPS) is 12.4. The highest BCUT2D eigenvalue weighted by Crippen LogP contribution is 2.31. The summed E-state index contributed by atoms with van der Waals surface area (Å²) in [5.41, 5.74) is 7.76. The number of carbonyl (C=O) groups excluding carboxylic acids is 1. The predicted molar refractivity (Wildman–Crippen MR) is 91.3 cm³/mol. The first-order valence-corrected chi connectivity index (χ1v) is 7.57. The smallest absolute Gasteiger partial charge is 0.244 e. The molecule has 7 heteroatoms. The Hall–Kier alpha value is -3.48. The first-order chi connectivity index (χ1) is 12.1. The number of hydrogen-bond donors (Lipinski definition) is 2. The number of primary amides is 1. The van der Waals surface area contributed by atoms with E-state index >= 15 is 0 Å². The number of rotatable bonds is 4. The molecule has 0 aliphatic heterocycles. The van der Waals surface area contributed by atoms with Crippen molar-refractivity contribution in [2.24, 2.45) is 5.73 Å². The molecular weight excluding hydrogens is 323 g/mol. The van der Waals surface area contributed by atoms with E-state index in [0.717, 1.165) is 5.39 Å². The molecular formula is C18H13FN4O2. The summed E-state index contributed by atoms with van der Waals surface area (Å²) in [6, 6.07) is 12.1. The van der Waals surface area contributed by atoms with Crippen molar-refractivity contribution in [2.45, 2.75) is 6.04 Å². The van der Waals surface area contributed by atoms with Gasteiger partial charge < -0.3 is 15.5 Å². The maximum absolute atomic E-state index is 13.1. The number of nitrogens with two attached hydrogens (primary N) is 1. The summed E-state index contributed by atoms with van der Waals surface area (Å²) in [6.45, 7) is 0. The van der Waals surface area contributed by atoms with Crippen LogP contribution in [0.5, 0.6) is 0 Å². The van der Waals surface area contributed by atoms with Crippen LogP contribution in [0.1, 0.15) is 11.6 Å². The molecule has 4 aromatic rings. The van der Waals surface area contributed by atoms with Gasteiger partial charge >= 0.3 is 0 Å². The van der Waals surface area contributed by atoms with E-state index in [1.165, 1.54) is 30.6 Å². The second kappa shape index (κ2) is 5.86. The lowest BCUT2D eigenvalue weighted by atomic mass is 10.1. The Bertz CT molecular complexity index is 1080. The molecule has 3 N–H and O–H groups in total. The molecule has 6 nitrogen and oxygen atoms in total. The quantitative estimate of drug-likeness (QED) is 0.597. The standard InChI is InChI=1S/C18H13FN4O2/c19-11-7-5-10(6-8-11)14(17(20)24)23-18-16-15(21-9-22-18)12-3-1-2-4-13(12)25-16/h1-9,14H,(H2,20,24)(H,21,22,23). The largest absolute Gasteiger partial charge is 0.450 e. The van der Waals surface area contributed by atoms with Gasteiger partial charge in [0.2, 0.25) is 5.91 Å². The van der Waals surface area contributed by atoms with Crippen LogP contribution in [-0.4, -0.2) is 15.9 Å². The Balaban J connectivity index is 1.80. The van der Waals surface area contributed by atoms with Crippen LogP contribution < -0.4 is 11.1 Å². The van der Waals surface area contributed by atoms with Crippen molar-refractivity contribution in [2.75, 3.05) is 5.32 Å². The molecule has 1 atom stereocenters. The van der Waals surface area contributed by atoms with Gasteiger partial charge in [-0.2, -0.15) is 0 Å². The molecule has 1 amide bonds. The number of fused-ring (bicyclic) bond motifs is 3. The zero-order chi connectivity index (χ0) is 17.4. The first-order valence-electron chi connectivity index (χ1n) is 7.57. The molecule has 2 aromatic heterocycles. The first kappa shape index (κ1) is 15.1. The van der Waals surface area contributed by atoms with Crippen LogP contribution in [0.3, 0.4) is 0 Å². The van der Waals surface area contributed by atoms with Crippen molar-refractivity contribution in [1.29, 1.82) is 0 Å². The Labute approximate surface area is 141 Å². The van der Waals surface area contributed by atoms with E-state index in [2.05, 4.69) is 15.3 Å². The number of nitrogens with one attached hydrogen (secondary N) is 1. The summed E-state index contributed by atoms with van der Waals surface area (Å²) in [5.74, 6) is -0.669. The molecule has 124 valence electrons. The Morgan fingerprint density at radius 1 is 1.12 bits per heavy atom. The summed E-state index contributed by atoms with van der Waals surface area (Å²) in [4.78, 5) is 20.3. The Morgan fingerprint density at radius 3 is 2.64 bits per heavy atom. The lowest BCUT2D eigenvalue weighted by Crippen LogP contribution is -2.28. The van der Waals surface area contributed by atoms with Gasteiger partial charge in [-0.05, 0) is 29.8 Å². The highest BCUT2D eigenvalue weighted by atomic mass is 19.1. The molecule has 25 heavy (non-hydrogen) atoms. The van der Waals surface area contributed by atoms with Crippen LogP contribution in [-0.2, 0) is 4.79 Å². The topological polar surface area (TPSA) is 94.0 Å². The fourth-order valence-electron chi connectivity index (χ4n) is 2.74. The maximum atomic E-state index is 13.1. The zero-order valence-corrected chi connectivity index (χ0v) is 12.9. The number of halogens is 1. The fourth-order valence-corrected chi connectivity index (χ4v) is 2.74. The zero-order valence-electron chi connectivity index (χ0n) is 12.9. The third-order valence-corrected chi connectivity index (χ3v) is 3.93. The summed E-state index contributed by atoms with van der Waals surface area (Å²) in [7, 11) is 0. The van der Waals surface area contributed by atoms with Gasteiger partial charge in [0, 0.05) is 5.39 Å². The van der Waals surface area contributed by atoms with Gasteiger partial charge in [0.15, 0.2) is 11.4 Å². The van der Waals surface area contributed by atoms with Crippen LogP contribution in [0.4, 0.5) is 10.2 Å². The van der Waals surface area contributed by atoms with E-state index in [9.17, 15) is 9.18 Å². The van der Waals surface area contributed by atoms with Gasteiger partial charge in [-0.3, -0.25) is 4.79 Å². The van der Waals surface area contributed by atoms with E-state index in [1.807, 2.05) is 24.3 Å². The van der Waals surface area contributed by atoms with E-state index in [4.69, 9.17) is 10.2 Å². The lowest BCUT2D eigenvalue weighted by molar-refractivity contribution is -0.118. The third kappa shape index (κ3) is 2.65. The number of hydrogen-bond acceptors (Lipinski definition) is 5. The summed E-state index contributed by atoms with van der Waals surface area (Å²) < 4.78 is 19.0. The van der Waals surface area contributed by atoms with E-state index in [1.54, 1.807) is 0 Å².